The molecule has 2 amide bonds. The van der Waals surface area contributed by atoms with Crippen LogP contribution in [0.5, 0.6) is 0 Å². The Kier molecular flexibility index (Phi) is 9.57. The lowest BCUT2D eigenvalue weighted by Crippen LogP contribution is -2.26. The number of nitrogens with one attached hydrogen (secondary N) is 1. The first-order chi connectivity index (χ1) is 8.43. The van der Waals surface area contributed by atoms with E-state index in [1.807, 2.05) is 13.8 Å². The minimum absolute atomic E-state index is 0.115. The number of hydrazone groups is 1. The maximum absolute atomic E-state index is 11.3. The second kappa shape index (κ2) is 10.1. The van der Waals surface area contributed by atoms with E-state index in [2.05, 4.69) is 10.5 Å². The van der Waals surface area contributed by atoms with Gasteiger partial charge in [-0.05, 0) is 0 Å². The number of carbonyl (C=O) groups is 2. The lowest BCUT2D eigenvalue weighted by Gasteiger charge is -2.04. The molecule has 0 aromatic rings. The molecule has 0 bridgehead atoms. The molecule has 0 aromatic heterocycles. The van der Waals surface area contributed by atoms with Crippen LogP contribution in [0.1, 0.15) is 26.7 Å². The van der Waals surface area contributed by atoms with E-state index in [0.717, 1.165) is 0 Å². The van der Waals surface area contributed by atoms with Crippen LogP contribution >= 0.6 is 21.6 Å². The molecule has 0 aliphatic rings. The van der Waals surface area contributed by atoms with Gasteiger partial charge in [-0.1, -0.05) is 35.4 Å². The Labute approximate surface area is 115 Å². The van der Waals surface area contributed by atoms with E-state index < -0.39 is 0 Å². The Morgan fingerprint density at radius 3 is 2.22 bits per heavy atom. The molecular weight excluding hydrogens is 272 g/mol. The molecule has 8 heteroatoms. The second-order valence-electron chi connectivity index (χ2n) is 3.84. The highest BCUT2D eigenvalue weighted by Crippen LogP contribution is 2.22. The van der Waals surface area contributed by atoms with Crippen molar-refractivity contribution in [3.05, 3.63) is 0 Å². The Balaban J connectivity index is 3.54. The summed E-state index contributed by atoms with van der Waals surface area (Å²) in [5.41, 5.74) is 13.0. The summed E-state index contributed by atoms with van der Waals surface area (Å²) in [7, 11) is 3.06. The van der Waals surface area contributed by atoms with Crippen molar-refractivity contribution in [2.45, 2.75) is 26.7 Å². The zero-order valence-electron chi connectivity index (χ0n) is 10.6. The summed E-state index contributed by atoms with van der Waals surface area (Å²) < 4.78 is 0. The van der Waals surface area contributed by atoms with Gasteiger partial charge in [0.1, 0.15) is 5.84 Å². The number of hydrogen-bond donors (Lipinski definition) is 3. The van der Waals surface area contributed by atoms with Crippen LogP contribution in [0.15, 0.2) is 5.10 Å². The van der Waals surface area contributed by atoms with Gasteiger partial charge in [0.25, 0.3) is 0 Å². The summed E-state index contributed by atoms with van der Waals surface area (Å²) in [6, 6.07) is 0. The van der Waals surface area contributed by atoms with Gasteiger partial charge in [-0.3, -0.25) is 9.59 Å². The molecule has 0 radical (unpaired) electrons. The third kappa shape index (κ3) is 10.3. The molecule has 0 saturated heterocycles. The average Bonchev–Trinajstić information content (AvgIpc) is 2.29. The number of carbonyl (C=O) groups excluding carboxylic acids is 2. The molecule has 0 fully saturated rings. The summed E-state index contributed by atoms with van der Waals surface area (Å²) in [5, 5.41) is 3.78. The van der Waals surface area contributed by atoms with Crippen LogP contribution in [-0.2, 0) is 9.59 Å². The van der Waals surface area contributed by atoms with Crippen molar-refractivity contribution in [1.29, 1.82) is 0 Å². The highest BCUT2D eigenvalue weighted by atomic mass is 33.1. The van der Waals surface area contributed by atoms with Crippen LogP contribution in [0.3, 0.4) is 0 Å². The van der Waals surface area contributed by atoms with Crippen molar-refractivity contribution in [2.75, 3.05) is 11.5 Å². The minimum atomic E-state index is -0.306. The highest BCUT2D eigenvalue weighted by Gasteiger charge is 2.03. The lowest BCUT2D eigenvalue weighted by molar-refractivity contribution is -0.120. The summed E-state index contributed by atoms with van der Waals surface area (Å²) in [4.78, 5) is 21.8. The first-order valence-corrected chi connectivity index (χ1v) is 8.07. The maximum atomic E-state index is 11.3. The summed E-state index contributed by atoms with van der Waals surface area (Å²) >= 11 is 0. The fourth-order valence-electron chi connectivity index (χ4n) is 0.706. The Morgan fingerprint density at radius 1 is 1.17 bits per heavy atom. The van der Waals surface area contributed by atoms with Gasteiger partial charge < -0.3 is 11.5 Å². The molecule has 0 heterocycles. The molecule has 0 rings (SSSR count). The quantitative estimate of drug-likeness (QED) is 0.190. The molecule has 0 unspecified atom stereocenters. The smallest absolute Gasteiger partial charge is 0.240 e. The van der Waals surface area contributed by atoms with Gasteiger partial charge in [0.2, 0.25) is 11.8 Å². The molecule has 5 N–H and O–H groups in total. The van der Waals surface area contributed by atoms with E-state index in [1.54, 1.807) is 0 Å². The van der Waals surface area contributed by atoms with Crippen molar-refractivity contribution in [1.82, 2.24) is 5.43 Å². The largest absolute Gasteiger partial charge is 0.385 e. The van der Waals surface area contributed by atoms with E-state index in [9.17, 15) is 9.59 Å². The maximum Gasteiger partial charge on any atom is 0.240 e. The number of hydrogen-bond acceptors (Lipinski definition) is 5. The lowest BCUT2D eigenvalue weighted by atomic mass is 10.2. The van der Waals surface area contributed by atoms with Gasteiger partial charge in [-0.15, -0.1) is 0 Å². The molecule has 0 aliphatic carbocycles. The molecule has 0 atom stereocenters. The van der Waals surface area contributed by atoms with E-state index in [1.165, 1.54) is 21.6 Å². The first-order valence-electron chi connectivity index (χ1n) is 5.58. The second-order valence-corrected chi connectivity index (χ2v) is 6.54. The zero-order chi connectivity index (χ0) is 14.0. The number of nitrogens with zero attached hydrogens (tertiary/aromatic N) is 1. The first kappa shape index (κ1) is 17.1. The summed E-state index contributed by atoms with van der Waals surface area (Å²) in [5.74, 6) is 1.38. The SMILES string of the molecule is CC(C)/C(N)=N/NC(=O)CCSSCCC(N)=O. The number of nitrogens with two attached hydrogens (primary N) is 2. The Hall–Kier alpha value is -0.890. The predicted octanol–water partition coefficient (Wildman–Crippen LogP) is 0.678. The highest BCUT2D eigenvalue weighted by molar-refractivity contribution is 8.76. The van der Waals surface area contributed by atoms with Crippen LogP contribution in [0, 0.1) is 5.92 Å². The summed E-state index contributed by atoms with van der Waals surface area (Å²) in [6.07, 6.45) is 0.724. The van der Waals surface area contributed by atoms with Crippen LogP contribution in [0.2, 0.25) is 0 Å². The fourth-order valence-corrected chi connectivity index (χ4v) is 2.70. The molecule has 0 spiro atoms. The van der Waals surface area contributed by atoms with Gasteiger partial charge >= 0.3 is 0 Å². The van der Waals surface area contributed by atoms with E-state index in [4.69, 9.17) is 11.5 Å². The molecule has 104 valence electrons. The van der Waals surface area contributed by atoms with Gasteiger partial charge in [0.15, 0.2) is 0 Å². The monoisotopic (exact) mass is 292 g/mol. The molecule has 18 heavy (non-hydrogen) atoms. The number of primary amides is 1. The van der Waals surface area contributed by atoms with E-state index in [0.29, 0.717) is 30.2 Å². The van der Waals surface area contributed by atoms with Crippen molar-refractivity contribution in [2.24, 2.45) is 22.5 Å². The van der Waals surface area contributed by atoms with Gasteiger partial charge in [-0.25, -0.2) is 5.43 Å². The van der Waals surface area contributed by atoms with Crippen LogP contribution in [-0.4, -0.2) is 29.2 Å². The fraction of sp³-hybridized carbons (Fsp3) is 0.700. The van der Waals surface area contributed by atoms with Gasteiger partial charge in [-0.2, -0.15) is 5.10 Å². The van der Waals surface area contributed by atoms with Gasteiger partial charge in [0.05, 0.1) is 0 Å². The Bertz CT molecular complexity index is 308. The molecule has 0 aromatic carbocycles. The van der Waals surface area contributed by atoms with Crippen LogP contribution < -0.4 is 16.9 Å². The minimum Gasteiger partial charge on any atom is -0.385 e. The number of rotatable bonds is 9. The van der Waals surface area contributed by atoms with E-state index >= 15 is 0 Å². The number of amidine groups is 1. The molecule has 6 nitrogen and oxygen atoms in total. The van der Waals surface area contributed by atoms with Gasteiger partial charge in [0, 0.05) is 30.3 Å². The van der Waals surface area contributed by atoms with Crippen molar-refractivity contribution < 1.29 is 9.59 Å². The van der Waals surface area contributed by atoms with Crippen molar-refractivity contribution in [3.8, 4) is 0 Å². The van der Waals surface area contributed by atoms with Crippen LogP contribution in [0.25, 0.3) is 0 Å². The average molecular weight is 292 g/mol. The standard InChI is InChI=1S/C10H20N4O2S2/c1-7(2)10(12)14-13-9(16)4-6-18-17-5-3-8(11)15/h7H,3-6H2,1-2H3,(H2,11,15)(H2,12,14)(H,13,16). The predicted molar refractivity (Wildman–Crippen MR) is 77.9 cm³/mol. The third-order valence-corrected chi connectivity index (χ3v) is 4.24. The topological polar surface area (TPSA) is 111 Å². The Morgan fingerprint density at radius 2 is 1.72 bits per heavy atom. The molecule has 0 saturated carbocycles. The van der Waals surface area contributed by atoms with E-state index in [-0.39, 0.29) is 17.7 Å². The number of amides is 2. The molecule has 0 aliphatic heterocycles. The summed E-state index contributed by atoms with van der Waals surface area (Å²) in [6.45, 7) is 3.80. The van der Waals surface area contributed by atoms with Crippen molar-refractivity contribution in [3.63, 3.8) is 0 Å². The van der Waals surface area contributed by atoms with Crippen molar-refractivity contribution >= 4 is 39.2 Å². The normalized spacial score (nSPS) is 11.6. The molecular formula is C10H20N4O2S2. The van der Waals surface area contributed by atoms with Crippen LogP contribution in [0.4, 0.5) is 0 Å². The zero-order valence-corrected chi connectivity index (χ0v) is 12.3. The third-order valence-electron chi connectivity index (χ3n) is 1.83.